The van der Waals surface area contributed by atoms with Crippen LogP contribution in [-0.2, 0) is 9.53 Å². The first-order valence-electron chi connectivity index (χ1n) is 5.73. The maximum Gasteiger partial charge on any atom is 0.347 e. The van der Waals surface area contributed by atoms with Gasteiger partial charge in [-0.2, -0.15) is 0 Å². The van der Waals surface area contributed by atoms with Crippen molar-refractivity contribution >= 4 is 5.97 Å². The maximum absolute atomic E-state index is 11.4. The molecule has 2 N–H and O–H groups in total. The zero-order valence-electron chi connectivity index (χ0n) is 10.5. The van der Waals surface area contributed by atoms with Crippen LogP contribution in [0.1, 0.15) is 32.4 Å². The lowest BCUT2D eigenvalue weighted by Crippen LogP contribution is -2.26. The Morgan fingerprint density at radius 3 is 2.71 bits per heavy atom. The largest absolute Gasteiger partial charge is 0.479 e. The van der Waals surface area contributed by atoms with E-state index >= 15 is 0 Å². The molecule has 0 radical (unpaired) electrons. The number of rotatable bonds is 5. The van der Waals surface area contributed by atoms with E-state index < -0.39 is 6.10 Å². The van der Waals surface area contributed by atoms with E-state index in [1.54, 1.807) is 19.9 Å². The Labute approximate surface area is 102 Å². The van der Waals surface area contributed by atoms with Gasteiger partial charge in [-0.3, -0.25) is 0 Å². The van der Waals surface area contributed by atoms with Crippen LogP contribution in [0.25, 0.3) is 0 Å². The van der Waals surface area contributed by atoms with Crippen LogP contribution >= 0.6 is 0 Å². The summed E-state index contributed by atoms with van der Waals surface area (Å²) in [6, 6.07) is 7.34. The van der Waals surface area contributed by atoms with Gasteiger partial charge in [-0.05, 0) is 38.5 Å². The minimum atomic E-state index is -0.613. The molecule has 0 saturated carbocycles. The second-order valence-corrected chi connectivity index (χ2v) is 3.87. The molecule has 17 heavy (non-hydrogen) atoms. The fourth-order valence-corrected chi connectivity index (χ4v) is 1.38. The second kappa shape index (κ2) is 6.25. The molecule has 0 aliphatic rings. The summed E-state index contributed by atoms with van der Waals surface area (Å²) in [5.74, 6) is 0.263. The van der Waals surface area contributed by atoms with Gasteiger partial charge in [0.1, 0.15) is 5.75 Å². The number of carbonyl (C=O) groups excluding carboxylic acids is 1. The number of ether oxygens (including phenoxy) is 2. The highest BCUT2D eigenvalue weighted by atomic mass is 16.6. The highest BCUT2D eigenvalue weighted by Gasteiger charge is 2.15. The van der Waals surface area contributed by atoms with Crippen molar-refractivity contribution in [1.29, 1.82) is 0 Å². The Balaban J connectivity index is 2.68. The molecular formula is C13H19NO3. The molecule has 94 valence electrons. The lowest BCUT2D eigenvalue weighted by molar-refractivity contribution is -0.150. The van der Waals surface area contributed by atoms with Gasteiger partial charge in [-0.15, -0.1) is 0 Å². The predicted octanol–water partition coefficient (Wildman–Crippen LogP) is 2.04. The van der Waals surface area contributed by atoms with Crippen LogP contribution in [0.5, 0.6) is 5.75 Å². The maximum atomic E-state index is 11.4. The highest BCUT2D eigenvalue weighted by molar-refractivity contribution is 5.74. The van der Waals surface area contributed by atoms with Crippen molar-refractivity contribution in [3.8, 4) is 5.75 Å². The number of esters is 1. The van der Waals surface area contributed by atoms with Crippen molar-refractivity contribution in [3.63, 3.8) is 0 Å². The Kier molecular flexibility index (Phi) is 4.97. The van der Waals surface area contributed by atoms with E-state index in [1.165, 1.54) is 0 Å². The second-order valence-electron chi connectivity index (χ2n) is 3.87. The molecule has 4 nitrogen and oxygen atoms in total. The molecule has 1 aromatic carbocycles. The van der Waals surface area contributed by atoms with Gasteiger partial charge < -0.3 is 15.2 Å². The van der Waals surface area contributed by atoms with Gasteiger partial charge in [0.25, 0.3) is 0 Å². The highest BCUT2D eigenvalue weighted by Crippen LogP contribution is 2.18. The monoisotopic (exact) mass is 237 g/mol. The van der Waals surface area contributed by atoms with Crippen LogP contribution in [0.2, 0.25) is 0 Å². The summed E-state index contributed by atoms with van der Waals surface area (Å²) in [7, 11) is 0. The first kappa shape index (κ1) is 13.5. The van der Waals surface area contributed by atoms with Gasteiger partial charge in [0.2, 0.25) is 0 Å². The number of hydrogen-bond donors (Lipinski definition) is 1. The molecule has 0 aliphatic heterocycles. The molecule has 1 aromatic rings. The van der Waals surface area contributed by atoms with E-state index in [9.17, 15) is 4.79 Å². The molecule has 4 heteroatoms. The smallest absolute Gasteiger partial charge is 0.347 e. The Morgan fingerprint density at radius 1 is 1.41 bits per heavy atom. The summed E-state index contributed by atoms with van der Waals surface area (Å²) in [5.41, 5.74) is 6.74. The van der Waals surface area contributed by atoms with Crippen LogP contribution in [0.3, 0.4) is 0 Å². The topological polar surface area (TPSA) is 61.5 Å². The average molecular weight is 237 g/mol. The minimum absolute atomic E-state index is 0.0588. The van der Waals surface area contributed by atoms with Gasteiger partial charge >= 0.3 is 5.97 Å². The molecular weight excluding hydrogens is 218 g/mol. The normalized spacial score (nSPS) is 13.9. The zero-order chi connectivity index (χ0) is 12.8. The summed E-state index contributed by atoms with van der Waals surface area (Å²) >= 11 is 0. The average Bonchev–Trinajstić information content (AvgIpc) is 2.29. The van der Waals surface area contributed by atoms with Crippen molar-refractivity contribution in [2.45, 2.75) is 32.9 Å². The van der Waals surface area contributed by atoms with Crippen molar-refractivity contribution < 1.29 is 14.3 Å². The van der Waals surface area contributed by atoms with E-state index in [4.69, 9.17) is 15.2 Å². The summed E-state index contributed by atoms with van der Waals surface area (Å²) in [5, 5.41) is 0. The molecule has 2 atom stereocenters. The molecule has 0 aliphatic carbocycles. The van der Waals surface area contributed by atoms with Crippen LogP contribution in [0.4, 0.5) is 0 Å². The third-order valence-electron chi connectivity index (χ3n) is 2.32. The van der Waals surface area contributed by atoms with E-state index in [0.29, 0.717) is 12.4 Å². The molecule has 0 aromatic heterocycles. The van der Waals surface area contributed by atoms with E-state index in [2.05, 4.69) is 0 Å². The molecule has 0 saturated heterocycles. The van der Waals surface area contributed by atoms with E-state index in [-0.39, 0.29) is 12.0 Å². The summed E-state index contributed by atoms with van der Waals surface area (Å²) < 4.78 is 10.4. The molecule has 0 heterocycles. The van der Waals surface area contributed by atoms with Crippen LogP contribution < -0.4 is 10.5 Å². The lowest BCUT2D eigenvalue weighted by Gasteiger charge is -2.14. The molecule has 0 fully saturated rings. The molecule has 0 spiro atoms. The number of hydrogen-bond acceptors (Lipinski definition) is 4. The standard InChI is InChI=1S/C13H19NO3/c1-4-16-13(15)10(3)17-12-7-5-6-11(8-12)9(2)14/h5-10H,4,14H2,1-3H3. The third kappa shape index (κ3) is 4.07. The lowest BCUT2D eigenvalue weighted by atomic mass is 10.1. The Bertz CT molecular complexity index is 377. The number of benzene rings is 1. The van der Waals surface area contributed by atoms with Gasteiger partial charge in [-0.1, -0.05) is 12.1 Å². The van der Waals surface area contributed by atoms with Crippen molar-refractivity contribution in [2.24, 2.45) is 5.73 Å². The van der Waals surface area contributed by atoms with Crippen molar-refractivity contribution in [2.75, 3.05) is 6.61 Å². The van der Waals surface area contributed by atoms with Crippen molar-refractivity contribution in [1.82, 2.24) is 0 Å². The van der Waals surface area contributed by atoms with Gasteiger partial charge in [-0.25, -0.2) is 4.79 Å². The Morgan fingerprint density at radius 2 is 2.12 bits per heavy atom. The quantitative estimate of drug-likeness (QED) is 0.796. The zero-order valence-corrected chi connectivity index (χ0v) is 10.5. The molecule has 0 bridgehead atoms. The fraction of sp³-hybridized carbons (Fsp3) is 0.462. The summed E-state index contributed by atoms with van der Waals surface area (Å²) in [6.45, 7) is 5.68. The summed E-state index contributed by atoms with van der Waals surface area (Å²) in [6.07, 6.45) is -0.613. The molecule has 2 unspecified atom stereocenters. The summed E-state index contributed by atoms with van der Waals surface area (Å²) in [4.78, 5) is 11.4. The van der Waals surface area contributed by atoms with Crippen LogP contribution in [-0.4, -0.2) is 18.7 Å². The SMILES string of the molecule is CCOC(=O)C(C)Oc1cccc(C(C)N)c1. The fourth-order valence-electron chi connectivity index (χ4n) is 1.38. The third-order valence-corrected chi connectivity index (χ3v) is 2.32. The predicted molar refractivity (Wildman–Crippen MR) is 65.8 cm³/mol. The number of nitrogens with two attached hydrogens (primary N) is 1. The minimum Gasteiger partial charge on any atom is -0.479 e. The van der Waals surface area contributed by atoms with Crippen molar-refractivity contribution in [3.05, 3.63) is 29.8 Å². The van der Waals surface area contributed by atoms with Gasteiger partial charge in [0, 0.05) is 6.04 Å². The van der Waals surface area contributed by atoms with E-state index in [0.717, 1.165) is 5.56 Å². The van der Waals surface area contributed by atoms with Crippen LogP contribution in [0.15, 0.2) is 24.3 Å². The molecule has 0 amide bonds. The molecule has 1 rings (SSSR count). The first-order chi connectivity index (χ1) is 8.04. The van der Waals surface area contributed by atoms with Crippen LogP contribution in [0, 0.1) is 0 Å². The Hall–Kier alpha value is -1.55. The first-order valence-corrected chi connectivity index (χ1v) is 5.73. The number of carbonyl (C=O) groups is 1. The van der Waals surface area contributed by atoms with E-state index in [1.807, 2.05) is 25.1 Å². The van der Waals surface area contributed by atoms with Gasteiger partial charge in [0.15, 0.2) is 6.10 Å². The van der Waals surface area contributed by atoms with Gasteiger partial charge in [0.05, 0.1) is 6.61 Å².